The van der Waals surface area contributed by atoms with Crippen molar-refractivity contribution in [2.75, 3.05) is 22.4 Å². The zero-order valence-corrected chi connectivity index (χ0v) is 18.7. The van der Waals surface area contributed by atoms with Crippen molar-refractivity contribution in [2.45, 2.75) is 13.5 Å². The van der Waals surface area contributed by atoms with Crippen LogP contribution in [0.5, 0.6) is 0 Å². The SMILES string of the molecule is Cc1ccccc1N(CC(=O)Nc1ccnn1Cc1ccc(Cl)cc1Cl)S(C)(=O)=O. The van der Waals surface area contributed by atoms with Crippen molar-refractivity contribution in [3.05, 3.63) is 75.9 Å². The van der Waals surface area contributed by atoms with Crippen LogP contribution < -0.4 is 9.62 Å². The summed E-state index contributed by atoms with van der Waals surface area (Å²) < 4.78 is 27.2. The van der Waals surface area contributed by atoms with E-state index in [9.17, 15) is 13.2 Å². The molecule has 1 aromatic heterocycles. The average Bonchev–Trinajstić information content (AvgIpc) is 3.08. The molecule has 0 bridgehead atoms. The van der Waals surface area contributed by atoms with Gasteiger partial charge >= 0.3 is 0 Å². The summed E-state index contributed by atoms with van der Waals surface area (Å²) in [4.78, 5) is 12.7. The molecule has 3 aromatic rings. The molecule has 0 fully saturated rings. The van der Waals surface area contributed by atoms with Crippen molar-refractivity contribution >= 4 is 50.6 Å². The Labute approximate surface area is 185 Å². The van der Waals surface area contributed by atoms with Gasteiger partial charge in [-0.05, 0) is 36.2 Å². The Kier molecular flexibility index (Phi) is 6.70. The highest BCUT2D eigenvalue weighted by atomic mass is 35.5. The second-order valence-corrected chi connectivity index (χ2v) is 9.46. The number of anilines is 2. The first-order valence-electron chi connectivity index (χ1n) is 8.94. The lowest BCUT2D eigenvalue weighted by atomic mass is 10.2. The Bertz CT molecular complexity index is 1180. The highest BCUT2D eigenvalue weighted by Crippen LogP contribution is 2.24. The second kappa shape index (κ2) is 9.07. The van der Waals surface area contributed by atoms with Crippen LogP contribution in [-0.4, -0.2) is 36.9 Å². The summed E-state index contributed by atoms with van der Waals surface area (Å²) in [6, 6.07) is 13.7. The largest absolute Gasteiger partial charge is 0.309 e. The number of para-hydroxylation sites is 1. The van der Waals surface area contributed by atoms with E-state index < -0.39 is 15.9 Å². The third-order valence-electron chi connectivity index (χ3n) is 4.39. The van der Waals surface area contributed by atoms with Gasteiger partial charge in [0.2, 0.25) is 15.9 Å². The molecule has 0 aliphatic rings. The number of carbonyl (C=O) groups excluding carboxylic acids is 1. The molecule has 1 N–H and O–H groups in total. The molecule has 30 heavy (non-hydrogen) atoms. The molecule has 0 aliphatic carbocycles. The molecule has 0 saturated heterocycles. The topological polar surface area (TPSA) is 84.3 Å². The maximum absolute atomic E-state index is 12.7. The fraction of sp³-hybridized carbons (Fsp3) is 0.200. The molecule has 158 valence electrons. The standard InChI is InChI=1S/C20H20Cl2N4O3S/c1-14-5-3-4-6-18(14)26(30(2,28)29)13-20(27)24-19-9-10-23-25(19)12-15-7-8-16(21)11-17(15)22/h3-11H,12-13H2,1-2H3,(H,24,27). The lowest BCUT2D eigenvalue weighted by molar-refractivity contribution is -0.114. The lowest BCUT2D eigenvalue weighted by Gasteiger charge is -2.23. The number of aromatic nitrogens is 2. The van der Waals surface area contributed by atoms with Gasteiger partial charge in [-0.15, -0.1) is 0 Å². The minimum absolute atomic E-state index is 0.312. The van der Waals surface area contributed by atoms with E-state index in [1.54, 1.807) is 60.1 Å². The minimum Gasteiger partial charge on any atom is -0.309 e. The van der Waals surface area contributed by atoms with Crippen molar-refractivity contribution in [1.82, 2.24) is 9.78 Å². The highest BCUT2D eigenvalue weighted by molar-refractivity contribution is 7.92. The van der Waals surface area contributed by atoms with Crippen LogP contribution in [0.1, 0.15) is 11.1 Å². The first kappa shape index (κ1) is 22.1. The van der Waals surface area contributed by atoms with Gasteiger partial charge in [0.05, 0.1) is 24.7 Å². The summed E-state index contributed by atoms with van der Waals surface area (Å²) in [6.45, 7) is 1.74. The van der Waals surface area contributed by atoms with Gasteiger partial charge in [0.25, 0.3) is 0 Å². The number of carbonyl (C=O) groups is 1. The number of hydrogen-bond donors (Lipinski definition) is 1. The number of halogens is 2. The lowest BCUT2D eigenvalue weighted by Crippen LogP contribution is -2.38. The molecule has 0 spiro atoms. The van der Waals surface area contributed by atoms with Crippen LogP contribution in [-0.2, 0) is 21.4 Å². The fourth-order valence-electron chi connectivity index (χ4n) is 2.91. The number of nitrogens with zero attached hydrogens (tertiary/aromatic N) is 3. The molecule has 0 radical (unpaired) electrons. The van der Waals surface area contributed by atoms with Gasteiger partial charge in [-0.2, -0.15) is 5.10 Å². The summed E-state index contributed by atoms with van der Waals surface area (Å²) in [7, 11) is -3.66. The molecular formula is C20H20Cl2N4O3S. The van der Waals surface area contributed by atoms with Gasteiger partial charge in [-0.3, -0.25) is 9.10 Å². The van der Waals surface area contributed by atoms with Crippen molar-refractivity contribution < 1.29 is 13.2 Å². The van der Waals surface area contributed by atoms with Crippen LogP contribution in [0.3, 0.4) is 0 Å². The summed E-state index contributed by atoms with van der Waals surface area (Å²) in [5.74, 6) is -0.0723. The van der Waals surface area contributed by atoms with Crippen LogP contribution in [0.25, 0.3) is 0 Å². The summed E-state index contributed by atoms with van der Waals surface area (Å²) >= 11 is 12.1. The molecule has 10 heteroatoms. The van der Waals surface area contributed by atoms with Crippen LogP contribution in [0.4, 0.5) is 11.5 Å². The fourth-order valence-corrected chi connectivity index (χ4v) is 4.30. The van der Waals surface area contributed by atoms with Gasteiger partial charge in [-0.25, -0.2) is 13.1 Å². The van der Waals surface area contributed by atoms with E-state index in [0.717, 1.165) is 21.7 Å². The molecule has 1 heterocycles. The van der Waals surface area contributed by atoms with Crippen molar-refractivity contribution in [3.8, 4) is 0 Å². The van der Waals surface area contributed by atoms with Gasteiger partial charge in [-0.1, -0.05) is 47.5 Å². The first-order valence-corrected chi connectivity index (χ1v) is 11.5. The molecule has 0 saturated carbocycles. The van der Waals surface area contributed by atoms with Gasteiger partial charge in [0, 0.05) is 16.1 Å². The van der Waals surface area contributed by atoms with Crippen molar-refractivity contribution in [3.63, 3.8) is 0 Å². The van der Waals surface area contributed by atoms with Gasteiger partial charge in [0.1, 0.15) is 12.4 Å². The summed E-state index contributed by atoms with van der Waals surface area (Å²) in [6.07, 6.45) is 2.61. The number of aryl methyl sites for hydroxylation is 1. The van der Waals surface area contributed by atoms with Crippen LogP contribution in [0.2, 0.25) is 10.0 Å². The maximum atomic E-state index is 12.7. The molecule has 1 amide bonds. The van der Waals surface area contributed by atoms with Crippen LogP contribution >= 0.6 is 23.2 Å². The van der Waals surface area contributed by atoms with Crippen molar-refractivity contribution in [2.24, 2.45) is 0 Å². The zero-order chi connectivity index (χ0) is 21.9. The Morgan fingerprint density at radius 3 is 2.57 bits per heavy atom. The monoisotopic (exact) mass is 466 g/mol. The average molecular weight is 467 g/mol. The Morgan fingerprint density at radius 1 is 1.17 bits per heavy atom. The van der Waals surface area contributed by atoms with E-state index in [-0.39, 0.29) is 6.54 Å². The molecule has 3 rings (SSSR count). The summed E-state index contributed by atoms with van der Waals surface area (Å²) in [5, 5.41) is 7.93. The first-order chi connectivity index (χ1) is 14.1. The van der Waals surface area contributed by atoms with E-state index in [1.807, 2.05) is 0 Å². The van der Waals surface area contributed by atoms with E-state index in [2.05, 4.69) is 10.4 Å². The normalized spacial score (nSPS) is 11.3. The molecule has 0 aliphatic heterocycles. The Balaban J connectivity index is 1.78. The van der Waals surface area contributed by atoms with Crippen LogP contribution in [0.15, 0.2) is 54.7 Å². The minimum atomic E-state index is -3.66. The van der Waals surface area contributed by atoms with Gasteiger partial charge in [0.15, 0.2) is 0 Å². The third-order valence-corrected chi connectivity index (χ3v) is 6.10. The molecule has 0 atom stereocenters. The second-order valence-electron chi connectivity index (χ2n) is 6.71. The number of amides is 1. The molecule has 7 nitrogen and oxygen atoms in total. The Morgan fingerprint density at radius 2 is 1.90 bits per heavy atom. The number of hydrogen-bond acceptors (Lipinski definition) is 4. The van der Waals surface area contributed by atoms with Gasteiger partial charge < -0.3 is 5.32 Å². The van der Waals surface area contributed by atoms with Crippen LogP contribution in [0, 0.1) is 6.92 Å². The van der Waals surface area contributed by atoms with E-state index >= 15 is 0 Å². The molecule has 0 unspecified atom stereocenters. The number of rotatable bonds is 7. The van der Waals surface area contributed by atoms with E-state index in [4.69, 9.17) is 23.2 Å². The molecule has 2 aromatic carbocycles. The zero-order valence-electron chi connectivity index (χ0n) is 16.3. The maximum Gasteiger partial charge on any atom is 0.246 e. The number of benzene rings is 2. The summed E-state index contributed by atoms with van der Waals surface area (Å²) in [5.41, 5.74) is 1.98. The quantitative estimate of drug-likeness (QED) is 0.571. The van der Waals surface area contributed by atoms with Crippen molar-refractivity contribution in [1.29, 1.82) is 0 Å². The smallest absolute Gasteiger partial charge is 0.246 e. The number of sulfonamides is 1. The number of nitrogens with one attached hydrogen (secondary N) is 1. The molecular weight excluding hydrogens is 447 g/mol. The Hall–Kier alpha value is -2.55. The third kappa shape index (κ3) is 5.33. The highest BCUT2D eigenvalue weighted by Gasteiger charge is 2.22. The predicted octanol–water partition coefficient (Wildman–Crippen LogP) is 3.95. The predicted molar refractivity (Wildman–Crippen MR) is 120 cm³/mol. The van der Waals surface area contributed by atoms with E-state index in [0.29, 0.717) is 28.1 Å². The van der Waals surface area contributed by atoms with E-state index in [1.165, 1.54) is 6.20 Å².